The van der Waals surface area contributed by atoms with Gasteiger partial charge in [0.1, 0.15) is 16.8 Å². The molecule has 0 spiro atoms. The number of anilines is 2. The van der Waals surface area contributed by atoms with E-state index in [0.29, 0.717) is 44.2 Å². The Balaban J connectivity index is 1.52. The van der Waals surface area contributed by atoms with E-state index >= 15 is 0 Å². The number of ether oxygens (including phenoxy) is 2. The number of nitro benzene ring substituents is 1. The summed E-state index contributed by atoms with van der Waals surface area (Å²) in [4.78, 5) is 36.1. The minimum Gasteiger partial charge on any atom is -0.435 e. The monoisotopic (exact) mass is 485 g/mol. The number of nitrogens with zero attached hydrogens (tertiary/aromatic N) is 4. The van der Waals surface area contributed by atoms with Gasteiger partial charge in [0.2, 0.25) is 5.95 Å². The molecule has 1 aliphatic heterocycles. The van der Waals surface area contributed by atoms with E-state index in [4.69, 9.17) is 19.4 Å². The van der Waals surface area contributed by atoms with E-state index < -0.39 is 11.1 Å². The van der Waals surface area contributed by atoms with Crippen molar-refractivity contribution in [3.63, 3.8) is 0 Å². The Morgan fingerprint density at radius 3 is 2.76 bits per heavy atom. The van der Waals surface area contributed by atoms with Crippen LogP contribution in [0.25, 0.3) is 10.2 Å². The van der Waals surface area contributed by atoms with Crippen molar-refractivity contribution < 1.29 is 19.2 Å². The largest absolute Gasteiger partial charge is 0.508 e. The molecule has 3 aromatic rings. The van der Waals surface area contributed by atoms with Crippen LogP contribution in [0.3, 0.4) is 0 Å². The molecular weight excluding hydrogens is 458 g/mol. The Bertz CT molecular complexity index is 1180. The van der Waals surface area contributed by atoms with Gasteiger partial charge >= 0.3 is 6.16 Å². The van der Waals surface area contributed by atoms with E-state index in [1.807, 2.05) is 6.07 Å². The van der Waals surface area contributed by atoms with E-state index in [2.05, 4.69) is 23.2 Å². The lowest BCUT2D eigenvalue weighted by Crippen LogP contribution is -2.39. The number of aryl methyl sites for hydroxylation is 1. The molecule has 0 amide bonds. The molecule has 0 radical (unpaired) electrons. The Kier molecular flexibility index (Phi) is 7.41. The molecule has 1 aliphatic rings. The molecular formula is C23H27N5O5S. The molecule has 0 saturated carbocycles. The number of piperidine rings is 1. The van der Waals surface area contributed by atoms with Crippen LogP contribution in [0.1, 0.15) is 37.1 Å². The van der Waals surface area contributed by atoms with Crippen molar-refractivity contribution >= 4 is 45.2 Å². The second kappa shape index (κ2) is 10.6. The first-order valence-electron chi connectivity index (χ1n) is 11.3. The molecule has 34 heavy (non-hydrogen) atoms. The number of hydrogen-bond acceptors (Lipinski definition) is 10. The highest BCUT2D eigenvalue weighted by Crippen LogP contribution is 2.32. The van der Waals surface area contributed by atoms with Gasteiger partial charge in [0, 0.05) is 49.5 Å². The van der Waals surface area contributed by atoms with E-state index in [1.54, 1.807) is 30.4 Å². The summed E-state index contributed by atoms with van der Waals surface area (Å²) >= 11 is 1.64. The molecule has 2 aromatic heterocycles. The molecule has 4 rings (SSSR count). The van der Waals surface area contributed by atoms with Crippen molar-refractivity contribution in [1.82, 2.24) is 9.97 Å². The Morgan fingerprint density at radius 1 is 1.26 bits per heavy atom. The summed E-state index contributed by atoms with van der Waals surface area (Å²) in [6.07, 6.45) is 1.43. The summed E-state index contributed by atoms with van der Waals surface area (Å²) in [6.45, 7) is 5.86. The van der Waals surface area contributed by atoms with Crippen LogP contribution in [0.15, 0.2) is 30.3 Å². The number of nitro groups is 1. The first-order valence-corrected chi connectivity index (χ1v) is 12.1. The molecule has 0 unspecified atom stereocenters. The molecule has 1 N–H and O–H groups in total. The number of fused-ring (bicyclic) bond motifs is 1. The summed E-state index contributed by atoms with van der Waals surface area (Å²) in [5.74, 6) is 1.32. The SMILES string of the molecule is CCOC(=O)OC1CCN(c2nc(NCc3cccc([N+](=O)[O-])c3)c3cc(CC)sc3n2)CC1. The van der Waals surface area contributed by atoms with Crippen LogP contribution in [-0.4, -0.2) is 46.8 Å². The molecule has 10 nitrogen and oxygen atoms in total. The first-order chi connectivity index (χ1) is 16.5. The lowest BCUT2D eigenvalue weighted by Gasteiger charge is -2.31. The summed E-state index contributed by atoms with van der Waals surface area (Å²) in [5, 5.41) is 15.4. The van der Waals surface area contributed by atoms with Crippen molar-refractivity contribution in [2.24, 2.45) is 0 Å². The third-order valence-electron chi connectivity index (χ3n) is 5.61. The highest BCUT2D eigenvalue weighted by atomic mass is 32.1. The van der Waals surface area contributed by atoms with Crippen molar-refractivity contribution in [2.75, 3.05) is 29.9 Å². The van der Waals surface area contributed by atoms with Crippen LogP contribution < -0.4 is 10.2 Å². The molecule has 180 valence electrons. The smallest absolute Gasteiger partial charge is 0.435 e. The van der Waals surface area contributed by atoms with Gasteiger partial charge in [0.25, 0.3) is 5.69 Å². The molecule has 3 heterocycles. The maximum absolute atomic E-state index is 11.6. The third-order valence-corrected chi connectivity index (χ3v) is 6.78. The van der Waals surface area contributed by atoms with Crippen LogP contribution >= 0.6 is 11.3 Å². The van der Waals surface area contributed by atoms with Gasteiger partial charge in [-0.25, -0.2) is 9.78 Å². The van der Waals surface area contributed by atoms with Crippen molar-refractivity contribution in [1.29, 1.82) is 0 Å². The van der Waals surface area contributed by atoms with Gasteiger partial charge in [0.05, 0.1) is 16.9 Å². The standard InChI is InChI=1S/C23H27N5O5S/c1-3-18-13-19-20(24-14-15-6-5-7-16(12-15)28(30)31)25-22(26-21(19)34-18)27-10-8-17(9-11-27)33-23(29)32-4-2/h5-7,12-13,17H,3-4,8-11,14H2,1-2H3,(H,24,25,26). The summed E-state index contributed by atoms with van der Waals surface area (Å²) in [6, 6.07) is 8.66. The number of carbonyl (C=O) groups excluding carboxylic acids is 1. The zero-order chi connectivity index (χ0) is 24.1. The molecule has 0 atom stereocenters. The molecule has 1 aromatic carbocycles. The summed E-state index contributed by atoms with van der Waals surface area (Å²) < 4.78 is 10.2. The maximum atomic E-state index is 11.6. The Hall–Kier alpha value is -3.47. The van der Waals surface area contributed by atoms with Gasteiger partial charge in [-0.3, -0.25) is 10.1 Å². The minimum absolute atomic E-state index is 0.0598. The summed E-state index contributed by atoms with van der Waals surface area (Å²) in [5.41, 5.74) is 0.856. The van der Waals surface area contributed by atoms with E-state index in [9.17, 15) is 14.9 Å². The van der Waals surface area contributed by atoms with E-state index in [-0.39, 0.29) is 18.4 Å². The zero-order valence-corrected chi connectivity index (χ0v) is 20.0. The number of thiophene rings is 1. The van der Waals surface area contributed by atoms with Crippen LogP contribution in [0, 0.1) is 10.1 Å². The highest BCUT2D eigenvalue weighted by Gasteiger charge is 2.25. The van der Waals surface area contributed by atoms with Gasteiger partial charge in [-0.1, -0.05) is 19.1 Å². The fraction of sp³-hybridized carbons (Fsp3) is 0.435. The summed E-state index contributed by atoms with van der Waals surface area (Å²) in [7, 11) is 0. The Morgan fingerprint density at radius 2 is 2.06 bits per heavy atom. The molecule has 1 saturated heterocycles. The molecule has 1 fully saturated rings. The predicted molar refractivity (Wildman–Crippen MR) is 131 cm³/mol. The van der Waals surface area contributed by atoms with Crippen molar-refractivity contribution in [3.05, 3.63) is 50.9 Å². The second-order valence-corrected chi connectivity index (χ2v) is 9.04. The van der Waals surface area contributed by atoms with Crippen LogP contribution in [0.5, 0.6) is 0 Å². The number of rotatable bonds is 8. The van der Waals surface area contributed by atoms with E-state index in [1.165, 1.54) is 10.9 Å². The highest BCUT2D eigenvalue weighted by molar-refractivity contribution is 7.18. The number of hydrogen-bond donors (Lipinski definition) is 1. The van der Waals surface area contributed by atoms with Crippen molar-refractivity contribution in [3.8, 4) is 0 Å². The van der Waals surface area contributed by atoms with Gasteiger partial charge in [-0.05, 0) is 25.0 Å². The maximum Gasteiger partial charge on any atom is 0.508 e. The Labute approximate surface area is 201 Å². The lowest BCUT2D eigenvalue weighted by atomic mass is 10.1. The average Bonchev–Trinajstić information content (AvgIpc) is 3.27. The van der Waals surface area contributed by atoms with Crippen molar-refractivity contribution in [2.45, 2.75) is 45.8 Å². The van der Waals surface area contributed by atoms with E-state index in [0.717, 1.165) is 22.2 Å². The van der Waals surface area contributed by atoms with Gasteiger partial charge < -0.3 is 19.7 Å². The fourth-order valence-corrected chi connectivity index (χ4v) is 4.80. The number of aromatic nitrogens is 2. The normalized spacial score (nSPS) is 14.2. The predicted octanol–water partition coefficient (Wildman–Crippen LogP) is 4.92. The average molecular weight is 486 g/mol. The minimum atomic E-state index is -0.628. The second-order valence-electron chi connectivity index (χ2n) is 7.93. The van der Waals surface area contributed by atoms with Gasteiger partial charge in [0.15, 0.2) is 0 Å². The number of benzene rings is 1. The third kappa shape index (κ3) is 5.53. The van der Waals surface area contributed by atoms with Crippen LogP contribution in [-0.2, 0) is 22.4 Å². The zero-order valence-electron chi connectivity index (χ0n) is 19.2. The first kappa shape index (κ1) is 23.7. The van der Waals surface area contributed by atoms with Crippen LogP contribution in [0.4, 0.5) is 22.2 Å². The van der Waals surface area contributed by atoms with Gasteiger partial charge in [-0.2, -0.15) is 4.98 Å². The quantitative estimate of drug-likeness (QED) is 0.269. The lowest BCUT2D eigenvalue weighted by molar-refractivity contribution is -0.384. The molecule has 0 aliphatic carbocycles. The number of nitrogens with one attached hydrogen (secondary N) is 1. The van der Waals surface area contributed by atoms with Gasteiger partial charge in [-0.15, -0.1) is 11.3 Å². The molecule has 0 bridgehead atoms. The topological polar surface area (TPSA) is 120 Å². The number of carbonyl (C=O) groups is 1. The fourth-order valence-electron chi connectivity index (χ4n) is 3.84. The van der Waals surface area contributed by atoms with Crippen LogP contribution in [0.2, 0.25) is 0 Å². The number of non-ortho nitro benzene ring substituents is 1. The molecule has 11 heteroatoms.